The molecule has 0 bridgehead atoms. The van der Waals surface area contributed by atoms with Gasteiger partial charge in [0.2, 0.25) is 0 Å². The van der Waals surface area contributed by atoms with Gasteiger partial charge in [-0.15, -0.1) is 11.3 Å². The van der Waals surface area contributed by atoms with Gasteiger partial charge in [0.15, 0.2) is 0 Å². The first-order valence-corrected chi connectivity index (χ1v) is 10.1. The summed E-state index contributed by atoms with van der Waals surface area (Å²) >= 11 is 14.2. The minimum absolute atomic E-state index is 0.486. The number of benzene rings is 2. The monoisotopic (exact) mass is 413 g/mol. The molecule has 2 heterocycles. The lowest BCUT2D eigenvalue weighted by Gasteiger charge is -2.12. The van der Waals surface area contributed by atoms with E-state index < -0.39 is 0 Å². The van der Waals surface area contributed by atoms with Gasteiger partial charge in [-0.25, -0.2) is 9.97 Å². The molecule has 0 unspecified atom stereocenters. The quantitative estimate of drug-likeness (QED) is 0.393. The van der Waals surface area contributed by atoms with Crippen LogP contribution in [-0.4, -0.2) is 9.97 Å². The maximum absolute atomic E-state index is 6.37. The van der Waals surface area contributed by atoms with E-state index in [1.165, 1.54) is 16.0 Å². The molecular formula is C21H17Cl2N3S. The number of halogens is 2. The average molecular weight is 414 g/mol. The molecule has 1 N–H and O–H groups in total. The largest absolute Gasteiger partial charge is 0.338 e. The van der Waals surface area contributed by atoms with E-state index in [2.05, 4.69) is 31.3 Å². The second-order valence-electron chi connectivity index (χ2n) is 6.34. The highest BCUT2D eigenvalue weighted by Crippen LogP contribution is 2.37. The minimum Gasteiger partial charge on any atom is -0.338 e. The van der Waals surface area contributed by atoms with E-state index in [1.807, 2.05) is 30.3 Å². The molecule has 0 aliphatic heterocycles. The Hall–Kier alpha value is -2.14. The summed E-state index contributed by atoms with van der Waals surface area (Å²) in [6.07, 6.45) is 0.671. The fourth-order valence-electron chi connectivity index (χ4n) is 2.97. The smallest absolute Gasteiger partial charge is 0.143 e. The minimum atomic E-state index is 0.486. The molecule has 0 saturated heterocycles. The van der Waals surface area contributed by atoms with E-state index >= 15 is 0 Å². The summed E-state index contributed by atoms with van der Waals surface area (Å²) in [5, 5.41) is 5.40. The number of thiophene rings is 1. The van der Waals surface area contributed by atoms with Gasteiger partial charge in [0, 0.05) is 11.3 Å². The van der Waals surface area contributed by atoms with Crippen LogP contribution in [0, 0.1) is 13.8 Å². The first-order chi connectivity index (χ1) is 13.0. The van der Waals surface area contributed by atoms with E-state index in [1.54, 1.807) is 17.4 Å². The Morgan fingerprint density at radius 3 is 2.52 bits per heavy atom. The third kappa shape index (κ3) is 3.65. The first kappa shape index (κ1) is 18.2. The molecule has 0 saturated carbocycles. The number of anilines is 2. The fraction of sp³-hybridized carbons (Fsp3) is 0.143. The molecule has 6 heteroatoms. The fourth-order valence-corrected chi connectivity index (χ4v) is 4.37. The van der Waals surface area contributed by atoms with Crippen LogP contribution in [0.3, 0.4) is 0 Å². The predicted octanol–water partition coefficient (Wildman–Crippen LogP) is 6.95. The zero-order chi connectivity index (χ0) is 19.0. The van der Waals surface area contributed by atoms with Gasteiger partial charge in [-0.2, -0.15) is 0 Å². The first-order valence-electron chi connectivity index (χ1n) is 8.54. The molecule has 2 aromatic carbocycles. The molecule has 2 aromatic heterocycles. The molecule has 4 aromatic rings. The Bertz CT molecular complexity index is 1120. The van der Waals surface area contributed by atoms with Crippen molar-refractivity contribution in [2.75, 3.05) is 5.32 Å². The second-order valence-corrected chi connectivity index (χ2v) is 8.33. The number of rotatable bonds is 4. The van der Waals surface area contributed by atoms with Crippen molar-refractivity contribution in [3.63, 3.8) is 0 Å². The van der Waals surface area contributed by atoms with Gasteiger partial charge >= 0.3 is 0 Å². The maximum Gasteiger partial charge on any atom is 0.143 e. The molecule has 3 nitrogen and oxygen atoms in total. The number of hydrogen-bond donors (Lipinski definition) is 1. The molecule has 0 aliphatic carbocycles. The Morgan fingerprint density at radius 2 is 1.74 bits per heavy atom. The van der Waals surface area contributed by atoms with Gasteiger partial charge in [0.25, 0.3) is 0 Å². The Labute approximate surface area is 172 Å². The van der Waals surface area contributed by atoms with Gasteiger partial charge in [0.05, 0.1) is 21.1 Å². The Kier molecular flexibility index (Phi) is 5.04. The zero-order valence-electron chi connectivity index (χ0n) is 14.9. The molecule has 0 fully saturated rings. The van der Waals surface area contributed by atoms with Gasteiger partial charge in [-0.3, -0.25) is 0 Å². The Morgan fingerprint density at radius 1 is 0.963 bits per heavy atom. The van der Waals surface area contributed by atoms with E-state index in [0.29, 0.717) is 16.5 Å². The zero-order valence-corrected chi connectivity index (χ0v) is 17.2. The van der Waals surface area contributed by atoms with Crippen LogP contribution >= 0.6 is 34.5 Å². The highest BCUT2D eigenvalue weighted by Gasteiger charge is 2.16. The van der Waals surface area contributed by atoms with Crippen molar-refractivity contribution < 1.29 is 0 Å². The van der Waals surface area contributed by atoms with Crippen molar-refractivity contribution in [2.24, 2.45) is 0 Å². The maximum atomic E-state index is 6.37. The number of hydrogen-bond acceptors (Lipinski definition) is 4. The van der Waals surface area contributed by atoms with Gasteiger partial charge in [-0.1, -0.05) is 59.6 Å². The van der Waals surface area contributed by atoms with Gasteiger partial charge < -0.3 is 5.32 Å². The molecule has 0 amide bonds. The lowest BCUT2D eigenvalue weighted by molar-refractivity contribution is 0.999. The summed E-state index contributed by atoms with van der Waals surface area (Å²) in [6, 6.07) is 15.8. The molecule has 0 radical (unpaired) electrons. The van der Waals surface area contributed by atoms with Crippen LogP contribution in [-0.2, 0) is 6.42 Å². The number of nitrogens with zero attached hydrogens (tertiary/aromatic N) is 2. The summed E-state index contributed by atoms with van der Waals surface area (Å²) in [5.74, 6) is 1.53. The van der Waals surface area contributed by atoms with E-state index in [0.717, 1.165) is 27.5 Å². The number of fused-ring (bicyclic) bond motifs is 1. The number of aromatic nitrogens is 2. The predicted molar refractivity (Wildman–Crippen MR) is 116 cm³/mol. The van der Waals surface area contributed by atoms with E-state index in [4.69, 9.17) is 33.2 Å². The lowest BCUT2D eigenvalue weighted by Crippen LogP contribution is -2.02. The summed E-state index contributed by atoms with van der Waals surface area (Å²) in [4.78, 5) is 11.8. The van der Waals surface area contributed by atoms with Crippen LogP contribution < -0.4 is 5.32 Å². The molecule has 0 atom stereocenters. The van der Waals surface area contributed by atoms with Crippen molar-refractivity contribution in [3.05, 3.63) is 80.4 Å². The van der Waals surface area contributed by atoms with Crippen LogP contribution in [0.2, 0.25) is 10.0 Å². The van der Waals surface area contributed by atoms with Crippen LogP contribution in [0.25, 0.3) is 10.2 Å². The van der Waals surface area contributed by atoms with Crippen molar-refractivity contribution in [2.45, 2.75) is 20.3 Å². The normalized spacial score (nSPS) is 11.1. The molecule has 4 rings (SSSR count). The second kappa shape index (κ2) is 7.47. The molecular weight excluding hydrogens is 397 g/mol. The SMILES string of the molecule is Cc1sc2nc(Cc3ccccc3)nc(Nc3cccc(Cl)c3Cl)c2c1C. The van der Waals surface area contributed by atoms with Crippen LogP contribution in [0.4, 0.5) is 11.5 Å². The van der Waals surface area contributed by atoms with Crippen molar-refractivity contribution in [1.82, 2.24) is 9.97 Å². The van der Waals surface area contributed by atoms with Crippen LogP contribution in [0.15, 0.2) is 48.5 Å². The standard InChI is InChI=1S/C21H17Cl2N3S/c1-12-13(2)27-21-18(12)20(24-16-10-6-9-15(22)19(16)23)25-17(26-21)11-14-7-4-3-5-8-14/h3-10H,11H2,1-2H3,(H,24,25,26). The highest BCUT2D eigenvalue weighted by atomic mass is 35.5. The summed E-state index contributed by atoms with van der Waals surface area (Å²) < 4.78 is 0. The van der Waals surface area contributed by atoms with Crippen LogP contribution in [0.5, 0.6) is 0 Å². The van der Waals surface area contributed by atoms with Crippen molar-refractivity contribution >= 4 is 56.3 Å². The third-order valence-electron chi connectivity index (χ3n) is 4.48. The molecule has 27 heavy (non-hydrogen) atoms. The summed E-state index contributed by atoms with van der Waals surface area (Å²) in [6.45, 7) is 4.20. The average Bonchev–Trinajstić information content (AvgIpc) is 2.94. The molecule has 136 valence electrons. The van der Waals surface area contributed by atoms with E-state index in [-0.39, 0.29) is 0 Å². The summed E-state index contributed by atoms with van der Waals surface area (Å²) in [7, 11) is 0. The topological polar surface area (TPSA) is 37.8 Å². The number of nitrogens with one attached hydrogen (secondary N) is 1. The molecule has 0 spiro atoms. The Balaban J connectivity index is 1.82. The van der Waals surface area contributed by atoms with Gasteiger partial charge in [0.1, 0.15) is 16.5 Å². The summed E-state index contributed by atoms with van der Waals surface area (Å²) in [5.41, 5.74) is 3.09. The highest BCUT2D eigenvalue weighted by molar-refractivity contribution is 7.18. The lowest BCUT2D eigenvalue weighted by atomic mass is 10.1. The molecule has 0 aliphatic rings. The number of aryl methyl sites for hydroxylation is 2. The van der Waals surface area contributed by atoms with Crippen molar-refractivity contribution in [1.29, 1.82) is 0 Å². The van der Waals surface area contributed by atoms with Crippen LogP contribution in [0.1, 0.15) is 21.8 Å². The van der Waals surface area contributed by atoms with Gasteiger partial charge in [-0.05, 0) is 37.1 Å². The van der Waals surface area contributed by atoms with Crippen molar-refractivity contribution in [3.8, 4) is 0 Å². The third-order valence-corrected chi connectivity index (χ3v) is 6.40. The van der Waals surface area contributed by atoms with E-state index in [9.17, 15) is 0 Å².